The minimum Gasteiger partial charge on any atom is -0.308 e. The second kappa shape index (κ2) is 5.75. The number of amides is 2. The summed E-state index contributed by atoms with van der Waals surface area (Å²) in [6.45, 7) is 4.09. The molecule has 1 heterocycles. The monoisotopic (exact) mass is 278 g/mol. The van der Waals surface area contributed by atoms with Crippen LogP contribution in [0.25, 0.3) is 0 Å². The van der Waals surface area contributed by atoms with Crippen molar-refractivity contribution in [2.45, 2.75) is 19.8 Å². The van der Waals surface area contributed by atoms with Crippen molar-refractivity contribution in [3.05, 3.63) is 41.0 Å². The summed E-state index contributed by atoms with van der Waals surface area (Å²) in [7, 11) is 0. The van der Waals surface area contributed by atoms with Crippen LogP contribution in [0.3, 0.4) is 0 Å². The van der Waals surface area contributed by atoms with Crippen molar-refractivity contribution in [1.82, 2.24) is 10.2 Å². The topological polar surface area (TPSA) is 69.8 Å². The molecule has 2 rings (SSSR count). The second-order valence-electron chi connectivity index (χ2n) is 4.45. The van der Waals surface area contributed by atoms with Gasteiger partial charge in [0.2, 0.25) is 0 Å². The minimum atomic E-state index is -0.343. The first-order valence-electron chi connectivity index (χ1n) is 5.93. The van der Waals surface area contributed by atoms with Crippen molar-refractivity contribution < 1.29 is 4.79 Å². The third-order valence-corrected chi connectivity index (χ3v) is 2.82. The average molecular weight is 279 g/mol. The van der Waals surface area contributed by atoms with Crippen molar-refractivity contribution in [2.75, 3.05) is 10.6 Å². The molecule has 0 fully saturated rings. The molecule has 2 amide bonds. The minimum absolute atomic E-state index is 0.336. The summed E-state index contributed by atoms with van der Waals surface area (Å²) in [6, 6.07) is 8.35. The molecule has 0 aliphatic rings. The fourth-order valence-electron chi connectivity index (χ4n) is 1.51. The number of carbonyl (C=O) groups excluding carboxylic acids is 1. The predicted molar refractivity (Wildman–Crippen MR) is 76.8 cm³/mol. The van der Waals surface area contributed by atoms with E-state index in [0.29, 0.717) is 22.4 Å². The lowest BCUT2D eigenvalue weighted by Gasteiger charge is -2.05. The highest BCUT2D eigenvalue weighted by atomic mass is 35.5. The molecule has 0 saturated heterocycles. The molecule has 19 heavy (non-hydrogen) atoms. The summed E-state index contributed by atoms with van der Waals surface area (Å²) >= 11 is 5.77. The van der Waals surface area contributed by atoms with Gasteiger partial charge >= 0.3 is 6.03 Å². The van der Waals surface area contributed by atoms with Gasteiger partial charge in [-0.15, -0.1) is 0 Å². The molecular formula is C13H15ClN4O. The summed E-state index contributed by atoms with van der Waals surface area (Å²) in [5, 5.41) is 12.9. The molecule has 0 radical (unpaired) electrons. The number of aromatic amines is 1. The van der Waals surface area contributed by atoms with Gasteiger partial charge in [-0.1, -0.05) is 25.4 Å². The zero-order valence-corrected chi connectivity index (χ0v) is 11.5. The van der Waals surface area contributed by atoms with Crippen molar-refractivity contribution in [3.8, 4) is 0 Å². The Bertz CT molecular complexity index is 562. The van der Waals surface area contributed by atoms with Crippen LogP contribution in [0.4, 0.5) is 16.3 Å². The van der Waals surface area contributed by atoms with Crippen LogP contribution in [-0.4, -0.2) is 16.2 Å². The number of urea groups is 1. The smallest absolute Gasteiger partial charge is 0.308 e. The highest BCUT2D eigenvalue weighted by Crippen LogP contribution is 2.16. The Kier molecular flexibility index (Phi) is 4.06. The Morgan fingerprint density at radius 1 is 1.26 bits per heavy atom. The van der Waals surface area contributed by atoms with E-state index in [9.17, 15) is 4.79 Å². The average Bonchev–Trinajstić information content (AvgIpc) is 2.80. The number of halogens is 1. The van der Waals surface area contributed by atoms with Crippen LogP contribution in [0.2, 0.25) is 5.02 Å². The van der Waals surface area contributed by atoms with Crippen molar-refractivity contribution >= 4 is 29.1 Å². The number of hydrogen-bond donors (Lipinski definition) is 3. The standard InChI is InChI=1S/C13H15ClN4O/c1-8(2)11-7-12(18-17-11)16-13(19)15-10-5-3-9(14)4-6-10/h3-8H,1-2H3,(H3,15,16,17,18,19). The van der Waals surface area contributed by atoms with Crippen LogP contribution in [0.15, 0.2) is 30.3 Å². The van der Waals surface area contributed by atoms with E-state index in [-0.39, 0.29) is 6.03 Å². The number of anilines is 2. The molecule has 1 aromatic heterocycles. The van der Waals surface area contributed by atoms with E-state index >= 15 is 0 Å². The number of aromatic nitrogens is 2. The number of nitrogens with one attached hydrogen (secondary N) is 3. The van der Waals surface area contributed by atoms with E-state index in [0.717, 1.165) is 5.69 Å². The third kappa shape index (κ3) is 3.72. The van der Waals surface area contributed by atoms with Crippen LogP contribution < -0.4 is 10.6 Å². The maximum atomic E-state index is 11.7. The fourth-order valence-corrected chi connectivity index (χ4v) is 1.63. The van der Waals surface area contributed by atoms with E-state index in [4.69, 9.17) is 11.6 Å². The summed E-state index contributed by atoms with van der Waals surface area (Å²) in [6.07, 6.45) is 0. The summed E-state index contributed by atoms with van der Waals surface area (Å²) < 4.78 is 0. The summed E-state index contributed by atoms with van der Waals surface area (Å²) in [4.78, 5) is 11.7. The molecular weight excluding hydrogens is 264 g/mol. The molecule has 0 aliphatic heterocycles. The first-order valence-corrected chi connectivity index (χ1v) is 6.31. The Hall–Kier alpha value is -2.01. The highest BCUT2D eigenvalue weighted by Gasteiger charge is 2.08. The molecule has 0 aliphatic carbocycles. The molecule has 6 heteroatoms. The number of H-pyrrole nitrogens is 1. The van der Waals surface area contributed by atoms with Crippen molar-refractivity contribution in [1.29, 1.82) is 0 Å². The predicted octanol–water partition coefficient (Wildman–Crippen LogP) is 3.83. The summed E-state index contributed by atoms with van der Waals surface area (Å²) in [5.74, 6) is 0.831. The Morgan fingerprint density at radius 2 is 1.95 bits per heavy atom. The maximum absolute atomic E-state index is 11.7. The third-order valence-electron chi connectivity index (χ3n) is 2.56. The van der Waals surface area contributed by atoms with Gasteiger partial charge in [-0.3, -0.25) is 10.4 Å². The van der Waals surface area contributed by atoms with Gasteiger partial charge < -0.3 is 5.32 Å². The van der Waals surface area contributed by atoms with Gasteiger partial charge in [0.15, 0.2) is 5.82 Å². The number of nitrogens with zero attached hydrogens (tertiary/aromatic N) is 1. The van der Waals surface area contributed by atoms with Crippen LogP contribution in [-0.2, 0) is 0 Å². The lowest BCUT2D eigenvalue weighted by molar-refractivity contribution is 0.262. The van der Waals surface area contributed by atoms with Crippen LogP contribution in [0.5, 0.6) is 0 Å². The quantitative estimate of drug-likeness (QED) is 0.798. The molecule has 0 saturated carbocycles. The number of hydrogen-bond acceptors (Lipinski definition) is 2. The molecule has 0 unspecified atom stereocenters. The lowest BCUT2D eigenvalue weighted by Crippen LogP contribution is -2.19. The molecule has 2 aromatic rings. The number of rotatable bonds is 3. The molecule has 5 nitrogen and oxygen atoms in total. The van der Waals surface area contributed by atoms with E-state index < -0.39 is 0 Å². The van der Waals surface area contributed by atoms with Gasteiger partial charge in [0.1, 0.15) is 0 Å². The lowest BCUT2D eigenvalue weighted by atomic mass is 10.1. The highest BCUT2D eigenvalue weighted by molar-refractivity contribution is 6.30. The van der Waals surface area contributed by atoms with E-state index in [2.05, 4.69) is 20.8 Å². The van der Waals surface area contributed by atoms with Crippen LogP contribution >= 0.6 is 11.6 Å². The molecule has 3 N–H and O–H groups in total. The first-order chi connectivity index (χ1) is 9.04. The number of benzene rings is 1. The van der Waals surface area contributed by atoms with Crippen molar-refractivity contribution in [2.24, 2.45) is 0 Å². The van der Waals surface area contributed by atoms with Gasteiger partial charge in [-0.2, -0.15) is 5.10 Å². The van der Waals surface area contributed by atoms with Gasteiger partial charge in [-0.25, -0.2) is 4.79 Å². The SMILES string of the molecule is CC(C)c1cc(NC(=O)Nc2ccc(Cl)cc2)n[nH]1. The first kappa shape index (κ1) is 13.4. The van der Waals surface area contributed by atoms with E-state index in [1.54, 1.807) is 24.3 Å². The van der Waals surface area contributed by atoms with Gasteiger partial charge in [0.05, 0.1) is 0 Å². The Balaban J connectivity index is 1.95. The molecule has 0 bridgehead atoms. The second-order valence-corrected chi connectivity index (χ2v) is 4.89. The van der Waals surface area contributed by atoms with E-state index in [1.807, 2.05) is 19.9 Å². The number of carbonyl (C=O) groups is 1. The molecule has 1 aromatic carbocycles. The largest absolute Gasteiger partial charge is 0.324 e. The fraction of sp³-hybridized carbons (Fsp3) is 0.231. The van der Waals surface area contributed by atoms with Gasteiger partial charge in [0, 0.05) is 22.5 Å². The normalized spacial score (nSPS) is 10.5. The maximum Gasteiger partial charge on any atom is 0.324 e. The van der Waals surface area contributed by atoms with Crippen LogP contribution in [0, 0.1) is 0 Å². The zero-order chi connectivity index (χ0) is 13.8. The molecule has 100 valence electrons. The molecule has 0 atom stereocenters. The van der Waals surface area contributed by atoms with Crippen molar-refractivity contribution in [3.63, 3.8) is 0 Å². The zero-order valence-electron chi connectivity index (χ0n) is 10.7. The summed E-state index contributed by atoms with van der Waals surface area (Å²) in [5.41, 5.74) is 1.64. The van der Waals surface area contributed by atoms with Gasteiger partial charge in [0.25, 0.3) is 0 Å². The van der Waals surface area contributed by atoms with E-state index in [1.165, 1.54) is 0 Å². The Morgan fingerprint density at radius 3 is 2.53 bits per heavy atom. The van der Waals surface area contributed by atoms with Crippen LogP contribution in [0.1, 0.15) is 25.5 Å². The molecule has 0 spiro atoms. The van der Waals surface area contributed by atoms with Gasteiger partial charge in [-0.05, 0) is 30.2 Å². The Labute approximate surface area is 116 Å².